The molecule has 0 aliphatic rings. The molecule has 0 fully saturated rings. The SMILES string of the molecule is CCOCCSc1nnnn1Cc1ccc(OC)cc1. The summed E-state index contributed by atoms with van der Waals surface area (Å²) in [6.07, 6.45) is 0. The van der Waals surface area contributed by atoms with Crippen LogP contribution >= 0.6 is 11.8 Å². The molecule has 0 amide bonds. The molecular formula is C13H18N4O2S. The molecule has 0 aliphatic heterocycles. The van der Waals surface area contributed by atoms with Crippen molar-refractivity contribution in [2.75, 3.05) is 26.1 Å². The number of benzene rings is 1. The monoisotopic (exact) mass is 294 g/mol. The van der Waals surface area contributed by atoms with Crippen molar-refractivity contribution in [2.45, 2.75) is 18.6 Å². The lowest BCUT2D eigenvalue weighted by Gasteiger charge is -2.05. The lowest BCUT2D eigenvalue weighted by Crippen LogP contribution is -2.05. The average Bonchev–Trinajstić information content (AvgIpc) is 2.92. The summed E-state index contributed by atoms with van der Waals surface area (Å²) in [5.41, 5.74) is 1.13. The van der Waals surface area contributed by atoms with E-state index < -0.39 is 0 Å². The van der Waals surface area contributed by atoms with Gasteiger partial charge in [-0.25, -0.2) is 4.68 Å². The minimum atomic E-state index is 0.647. The Bertz CT molecular complexity index is 515. The number of methoxy groups -OCH3 is 1. The van der Waals surface area contributed by atoms with Crippen LogP contribution in [0.5, 0.6) is 5.75 Å². The van der Waals surface area contributed by atoms with Gasteiger partial charge < -0.3 is 9.47 Å². The topological polar surface area (TPSA) is 62.1 Å². The average molecular weight is 294 g/mol. The van der Waals surface area contributed by atoms with Crippen LogP contribution < -0.4 is 4.74 Å². The first-order chi connectivity index (χ1) is 9.83. The van der Waals surface area contributed by atoms with E-state index in [2.05, 4.69) is 15.5 Å². The Morgan fingerprint density at radius 2 is 2.05 bits per heavy atom. The zero-order valence-electron chi connectivity index (χ0n) is 11.7. The van der Waals surface area contributed by atoms with E-state index in [1.165, 1.54) is 0 Å². The third-order valence-electron chi connectivity index (χ3n) is 2.65. The first kappa shape index (κ1) is 14.8. The molecule has 0 spiro atoms. The maximum atomic E-state index is 5.30. The Balaban J connectivity index is 1.93. The van der Waals surface area contributed by atoms with E-state index in [1.54, 1.807) is 23.6 Å². The van der Waals surface area contributed by atoms with Crippen LogP contribution in [-0.2, 0) is 11.3 Å². The van der Waals surface area contributed by atoms with Gasteiger partial charge in [0.25, 0.3) is 0 Å². The highest BCUT2D eigenvalue weighted by Gasteiger charge is 2.07. The van der Waals surface area contributed by atoms with Crippen molar-refractivity contribution in [3.8, 4) is 5.75 Å². The summed E-state index contributed by atoms with van der Waals surface area (Å²) >= 11 is 1.60. The lowest BCUT2D eigenvalue weighted by atomic mass is 10.2. The highest BCUT2D eigenvalue weighted by atomic mass is 32.2. The number of aromatic nitrogens is 4. The molecule has 7 heteroatoms. The van der Waals surface area contributed by atoms with E-state index in [9.17, 15) is 0 Å². The van der Waals surface area contributed by atoms with Gasteiger partial charge in [-0.3, -0.25) is 0 Å². The number of nitrogens with zero attached hydrogens (tertiary/aromatic N) is 4. The summed E-state index contributed by atoms with van der Waals surface area (Å²) in [6, 6.07) is 7.88. The molecule has 0 radical (unpaired) electrons. The first-order valence-corrected chi connectivity index (χ1v) is 7.41. The van der Waals surface area contributed by atoms with Gasteiger partial charge in [0.15, 0.2) is 0 Å². The van der Waals surface area contributed by atoms with Gasteiger partial charge in [-0.2, -0.15) is 0 Å². The van der Waals surface area contributed by atoms with Crippen LogP contribution in [-0.4, -0.2) is 46.3 Å². The molecule has 6 nitrogen and oxygen atoms in total. The normalized spacial score (nSPS) is 10.7. The lowest BCUT2D eigenvalue weighted by molar-refractivity contribution is 0.164. The third kappa shape index (κ3) is 4.21. The predicted molar refractivity (Wildman–Crippen MR) is 77.1 cm³/mol. The van der Waals surface area contributed by atoms with Gasteiger partial charge >= 0.3 is 0 Å². The van der Waals surface area contributed by atoms with Crippen molar-refractivity contribution in [3.05, 3.63) is 29.8 Å². The Morgan fingerprint density at radius 1 is 1.25 bits per heavy atom. The molecule has 2 rings (SSSR count). The third-order valence-corrected chi connectivity index (χ3v) is 3.57. The summed E-state index contributed by atoms with van der Waals surface area (Å²) in [6.45, 7) is 4.07. The minimum absolute atomic E-state index is 0.647. The summed E-state index contributed by atoms with van der Waals surface area (Å²) in [4.78, 5) is 0. The molecule has 1 aromatic heterocycles. The molecule has 0 bridgehead atoms. The van der Waals surface area contributed by atoms with Gasteiger partial charge in [-0.05, 0) is 35.0 Å². The molecule has 2 aromatic rings. The number of rotatable bonds is 8. The fourth-order valence-corrected chi connectivity index (χ4v) is 2.37. The van der Waals surface area contributed by atoms with Crippen LogP contribution in [0.2, 0.25) is 0 Å². The number of tetrazole rings is 1. The standard InChI is InChI=1S/C13H18N4O2S/c1-3-19-8-9-20-13-14-15-16-17(13)10-11-4-6-12(18-2)7-5-11/h4-7H,3,8-10H2,1-2H3. The highest BCUT2D eigenvalue weighted by Crippen LogP contribution is 2.16. The maximum absolute atomic E-state index is 5.30. The van der Waals surface area contributed by atoms with Crippen LogP contribution in [0.25, 0.3) is 0 Å². The molecule has 0 unspecified atom stereocenters. The molecule has 1 heterocycles. The van der Waals surface area contributed by atoms with Crippen LogP contribution in [0.1, 0.15) is 12.5 Å². The highest BCUT2D eigenvalue weighted by molar-refractivity contribution is 7.99. The molecule has 0 saturated heterocycles. The van der Waals surface area contributed by atoms with Crippen molar-refractivity contribution in [1.29, 1.82) is 0 Å². The molecule has 0 N–H and O–H groups in total. The van der Waals surface area contributed by atoms with Gasteiger partial charge in [-0.15, -0.1) is 5.10 Å². The van der Waals surface area contributed by atoms with Crippen LogP contribution in [0.15, 0.2) is 29.4 Å². The fraction of sp³-hybridized carbons (Fsp3) is 0.462. The van der Waals surface area contributed by atoms with E-state index in [1.807, 2.05) is 31.2 Å². The van der Waals surface area contributed by atoms with Crippen LogP contribution in [0, 0.1) is 0 Å². The smallest absolute Gasteiger partial charge is 0.209 e. The van der Waals surface area contributed by atoms with E-state index in [-0.39, 0.29) is 0 Å². The Hall–Kier alpha value is -1.60. The second-order valence-corrected chi connectivity index (χ2v) is 5.07. The first-order valence-electron chi connectivity index (χ1n) is 6.43. The van der Waals surface area contributed by atoms with Crippen LogP contribution in [0.4, 0.5) is 0 Å². The van der Waals surface area contributed by atoms with Gasteiger partial charge in [0.1, 0.15) is 5.75 Å². The van der Waals surface area contributed by atoms with Crippen LogP contribution in [0.3, 0.4) is 0 Å². The summed E-state index contributed by atoms with van der Waals surface area (Å²) < 4.78 is 12.2. The van der Waals surface area contributed by atoms with Crippen molar-refractivity contribution in [2.24, 2.45) is 0 Å². The second kappa shape index (κ2) is 7.86. The summed E-state index contributed by atoms with van der Waals surface area (Å²) in [5.74, 6) is 1.69. The predicted octanol–water partition coefficient (Wildman–Crippen LogP) is 1.86. The molecule has 0 atom stereocenters. The van der Waals surface area contributed by atoms with E-state index in [0.29, 0.717) is 13.2 Å². The second-order valence-electron chi connectivity index (χ2n) is 4.01. The Morgan fingerprint density at radius 3 is 2.75 bits per heavy atom. The van der Waals surface area contributed by atoms with Gasteiger partial charge in [0.2, 0.25) is 5.16 Å². The van der Waals surface area contributed by atoms with E-state index >= 15 is 0 Å². The van der Waals surface area contributed by atoms with E-state index in [4.69, 9.17) is 9.47 Å². The van der Waals surface area contributed by atoms with Gasteiger partial charge in [0, 0.05) is 12.4 Å². The zero-order chi connectivity index (χ0) is 14.2. The molecule has 0 aliphatic carbocycles. The summed E-state index contributed by atoms with van der Waals surface area (Å²) in [5, 5.41) is 12.6. The molecule has 20 heavy (non-hydrogen) atoms. The van der Waals surface area contributed by atoms with Crippen molar-refractivity contribution in [1.82, 2.24) is 20.2 Å². The van der Waals surface area contributed by atoms with Gasteiger partial charge in [0.05, 0.1) is 20.3 Å². The number of hydrogen-bond acceptors (Lipinski definition) is 6. The van der Waals surface area contributed by atoms with E-state index in [0.717, 1.165) is 28.8 Å². The van der Waals surface area contributed by atoms with Crippen molar-refractivity contribution in [3.63, 3.8) is 0 Å². The molecular weight excluding hydrogens is 276 g/mol. The minimum Gasteiger partial charge on any atom is -0.497 e. The Labute approximate surface area is 122 Å². The fourth-order valence-electron chi connectivity index (χ4n) is 1.64. The molecule has 1 aromatic carbocycles. The van der Waals surface area contributed by atoms with Crippen molar-refractivity contribution < 1.29 is 9.47 Å². The quantitative estimate of drug-likeness (QED) is 0.547. The number of thioether (sulfide) groups is 1. The number of ether oxygens (including phenoxy) is 2. The maximum Gasteiger partial charge on any atom is 0.209 e. The van der Waals surface area contributed by atoms with Gasteiger partial charge in [-0.1, -0.05) is 23.9 Å². The Kier molecular flexibility index (Phi) is 5.82. The summed E-state index contributed by atoms with van der Waals surface area (Å²) in [7, 11) is 1.66. The van der Waals surface area contributed by atoms with Crippen molar-refractivity contribution >= 4 is 11.8 Å². The largest absolute Gasteiger partial charge is 0.497 e. The molecule has 108 valence electrons. The zero-order valence-corrected chi connectivity index (χ0v) is 12.5. The number of hydrogen-bond donors (Lipinski definition) is 0. The molecule has 0 saturated carbocycles.